The number of ether oxygens (including phenoxy) is 1. The van der Waals surface area contributed by atoms with Gasteiger partial charge >= 0.3 is 10.1 Å². The van der Waals surface area contributed by atoms with Crippen LogP contribution in [-0.2, 0) is 15.7 Å². The van der Waals surface area contributed by atoms with Gasteiger partial charge in [-0.3, -0.25) is 4.55 Å². The third-order valence-electron chi connectivity index (χ3n) is 10.2. The lowest BCUT2D eigenvalue weighted by atomic mass is 9.63. The van der Waals surface area contributed by atoms with Crippen molar-refractivity contribution in [3.05, 3.63) is 125 Å². The summed E-state index contributed by atoms with van der Waals surface area (Å²) in [7, 11) is -4.33. The molecule has 0 fully saturated rings. The van der Waals surface area contributed by atoms with E-state index in [-0.39, 0.29) is 5.92 Å². The molecule has 0 aliphatic heterocycles. The Morgan fingerprint density at radius 1 is 0.811 bits per heavy atom. The maximum atomic E-state index is 11.1. The van der Waals surface area contributed by atoms with E-state index >= 15 is 0 Å². The molecule has 3 heterocycles. The number of nitrogens with one attached hydrogen (secondary N) is 3. The molecule has 1 aliphatic rings. The smallest absolute Gasteiger partial charge is 0.328 e. The molecule has 1 aliphatic carbocycles. The molecule has 4 aromatic carbocycles. The zero-order valence-electron chi connectivity index (χ0n) is 30.1. The Labute approximate surface area is 306 Å². The molecule has 0 radical (unpaired) electrons. The van der Waals surface area contributed by atoms with E-state index in [0.29, 0.717) is 22.3 Å². The molecular weight excluding hydrogens is 689 g/mol. The van der Waals surface area contributed by atoms with Gasteiger partial charge in [0.25, 0.3) is 5.16 Å². The number of aromatic amines is 3. The number of aromatic nitrogens is 8. The average molecular weight is 729 g/mol. The summed E-state index contributed by atoms with van der Waals surface area (Å²) in [5.41, 5.74) is 12.0. The van der Waals surface area contributed by atoms with E-state index in [1.165, 1.54) is 16.7 Å². The van der Waals surface area contributed by atoms with Gasteiger partial charge < -0.3 is 9.72 Å². The summed E-state index contributed by atoms with van der Waals surface area (Å²) < 4.78 is 38.5. The van der Waals surface area contributed by atoms with Gasteiger partial charge in [0.05, 0.1) is 11.0 Å². The normalized spacial score (nSPS) is 17.7. The summed E-state index contributed by atoms with van der Waals surface area (Å²) in [4.78, 5) is 6.56. The number of para-hydroxylation sites is 3. The van der Waals surface area contributed by atoms with Crippen LogP contribution in [0.15, 0.2) is 125 Å². The Bertz CT molecular complexity index is 2670. The van der Waals surface area contributed by atoms with Crippen LogP contribution in [-0.4, -0.2) is 53.8 Å². The van der Waals surface area contributed by atoms with Crippen LogP contribution in [0.1, 0.15) is 53.0 Å². The fraction of sp³-hybridized carbons (Fsp3) is 0.225. The van der Waals surface area contributed by atoms with Crippen molar-refractivity contribution < 1.29 is 17.7 Å². The average Bonchev–Trinajstić information content (AvgIpc) is 3.94. The summed E-state index contributed by atoms with van der Waals surface area (Å²) in [6, 6.07) is 26.8. The molecule has 13 heteroatoms. The number of allylic oxidation sites excluding steroid dienone is 2. The summed E-state index contributed by atoms with van der Waals surface area (Å²) in [5, 5.41) is 22.7. The van der Waals surface area contributed by atoms with Crippen molar-refractivity contribution in [3.8, 4) is 16.9 Å². The molecule has 0 spiro atoms. The van der Waals surface area contributed by atoms with Crippen LogP contribution in [0.25, 0.3) is 44.2 Å². The standard InChI is InChI=1S/C27H30N6O.C13H10N2O3S/c1-7-10-15(2)24-18(5)16(3)17(4)19(6)27(24,20-11-8-12-21-25(20)30-32-28-21)34-23-14-9-13-22-26(23)31-33-29-22;16-19(17,18)13-14-11-8-4-7-10(12(11)15-13)9-5-2-1-3-6-9/h8-9,11-14,24H,2,7,10H2,1,3-6H3,(H,28,30,32)(H,29,31,33);1-8H,(H,14,15)(H,16,17,18). The zero-order valence-corrected chi connectivity index (χ0v) is 30.9. The van der Waals surface area contributed by atoms with E-state index in [1.54, 1.807) is 12.1 Å². The van der Waals surface area contributed by atoms with Crippen molar-refractivity contribution in [2.75, 3.05) is 0 Å². The van der Waals surface area contributed by atoms with Crippen LogP contribution in [0.5, 0.6) is 5.75 Å². The maximum Gasteiger partial charge on any atom is 0.328 e. The van der Waals surface area contributed by atoms with Gasteiger partial charge in [0.1, 0.15) is 16.6 Å². The topological polar surface area (TPSA) is 175 Å². The molecule has 270 valence electrons. The Balaban J connectivity index is 0.000000193. The van der Waals surface area contributed by atoms with E-state index in [2.05, 4.69) is 88.1 Å². The van der Waals surface area contributed by atoms with Gasteiger partial charge in [-0.05, 0) is 80.7 Å². The fourth-order valence-electron chi connectivity index (χ4n) is 7.45. The third kappa shape index (κ3) is 6.21. The number of nitrogens with zero attached hydrogens (tertiary/aromatic N) is 5. The number of imidazole rings is 1. The number of hydrogen-bond acceptors (Lipinski definition) is 8. The highest BCUT2D eigenvalue weighted by atomic mass is 32.2. The number of fused-ring (bicyclic) bond motifs is 3. The first kappa shape index (κ1) is 35.5. The minimum atomic E-state index is -4.33. The fourth-order valence-corrected chi connectivity index (χ4v) is 7.89. The second kappa shape index (κ2) is 13.9. The van der Waals surface area contributed by atoms with E-state index in [0.717, 1.165) is 57.2 Å². The number of benzene rings is 4. The third-order valence-corrected chi connectivity index (χ3v) is 10.9. The van der Waals surface area contributed by atoms with Gasteiger partial charge in [-0.1, -0.05) is 91.7 Å². The molecule has 2 atom stereocenters. The first-order valence-corrected chi connectivity index (χ1v) is 18.7. The Hall–Kier alpha value is -5.92. The van der Waals surface area contributed by atoms with Crippen LogP contribution >= 0.6 is 0 Å². The van der Waals surface area contributed by atoms with Crippen LogP contribution in [0, 0.1) is 5.92 Å². The molecule has 0 saturated heterocycles. The Morgan fingerprint density at radius 3 is 2.17 bits per heavy atom. The predicted molar refractivity (Wildman–Crippen MR) is 206 cm³/mol. The lowest BCUT2D eigenvalue weighted by Crippen LogP contribution is -2.46. The first-order valence-electron chi connectivity index (χ1n) is 17.3. The number of rotatable bonds is 8. The molecule has 2 unspecified atom stereocenters. The highest BCUT2D eigenvalue weighted by Gasteiger charge is 2.51. The zero-order chi connectivity index (χ0) is 37.5. The highest BCUT2D eigenvalue weighted by Crippen LogP contribution is 2.54. The highest BCUT2D eigenvalue weighted by molar-refractivity contribution is 7.85. The van der Waals surface area contributed by atoms with Crippen molar-refractivity contribution in [2.24, 2.45) is 5.92 Å². The first-order chi connectivity index (χ1) is 25.5. The van der Waals surface area contributed by atoms with Crippen LogP contribution in [0.3, 0.4) is 0 Å². The summed E-state index contributed by atoms with van der Waals surface area (Å²) in [6.45, 7) is 15.5. The largest absolute Gasteiger partial charge is 0.475 e. The molecule has 53 heavy (non-hydrogen) atoms. The van der Waals surface area contributed by atoms with Crippen LogP contribution in [0.4, 0.5) is 0 Å². The molecule has 3 aromatic heterocycles. The Morgan fingerprint density at radius 2 is 1.47 bits per heavy atom. The summed E-state index contributed by atoms with van der Waals surface area (Å²) in [5.74, 6) is 0.584. The van der Waals surface area contributed by atoms with Crippen molar-refractivity contribution >= 4 is 43.2 Å². The van der Waals surface area contributed by atoms with Gasteiger partial charge in [-0.25, -0.2) is 4.98 Å². The number of H-pyrrole nitrogens is 3. The van der Waals surface area contributed by atoms with Gasteiger partial charge in [0, 0.05) is 17.0 Å². The van der Waals surface area contributed by atoms with Crippen LogP contribution < -0.4 is 4.74 Å². The minimum Gasteiger partial charge on any atom is -0.475 e. The molecule has 4 N–H and O–H groups in total. The minimum absolute atomic E-state index is 0.0828. The molecule has 12 nitrogen and oxygen atoms in total. The van der Waals surface area contributed by atoms with Gasteiger partial charge in [-0.15, -0.1) is 0 Å². The van der Waals surface area contributed by atoms with Crippen molar-refractivity contribution in [1.29, 1.82) is 0 Å². The SMILES string of the molecule is C=C(CCC)C1C(C)=C(C)C(C)=C(C)C1(Oc1cccc2n[nH]nc12)c1cccc2n[nH]nc12.O=S(=O)(O)c1nc2c(-c3ccccc3)cccc2[nH]1. The van der Waals surface area contributed by atoms with E-state index in [4.69, 9.17) is 9.29 Å². The lowest BCUT2D eigenvalue weighted by Gasteiger charge is -2.47. The van der Waals surface area contributed by atoms with Crippen molar-refractivity contribution in [3.63, 3.8) is 0 Å². The van der Waals surface area contributed by atoms with Gasteiger partial charge in [0.2, 0.25) is 0 Å². The van der Waals surface area contributed by atoms with E-state index < -0.39 is 20.9 Å². The quantitative estimate of drug-likeness (QED) is 0.0881. The summed E-state index contributed by atoms with van der Waals surface area (Å²) in [6.07, 6.45) is 1.90. The number of hydrogen-bond donors (Lipinski definition) is 4. The van der Waals surface area contributed by atoms with Crippen molar-refractivity contribution in [1.82, 2.24) is 40.8 Å². The van der Waals surface area contributed by atoms with Gasteiger partial charge in [0.15, 0.2) is 16.9 Å². The van der Waals surface area contributed by atoms with Crippen LogP contribution in [0.2, 0.25) is 0 Å². The summed E-state index contributed by atoms with van der Waals surface area (Å²) >= 11 is 0. The molecule has 8 rings (SSSR count). The van der Waals surface area contributed by atoms with Crippen molar-refractivity contribution in [2.45, 2.75) is 58.2 Å². The molecule has 0 amide bonds. The Kier molecular flexibility index (Phi) is 9.31. The molecule has 0 bridgehead atoms. The van der Waals surface area contributed by atoms with E-state index in [9.17, 15) is 8.42 Å². The van der Waals surface area contributed by atoms with E-state index in [1.807, 2.05) is 66.7 Å². The maximum absolute atomic E-state index is 11.1. The van der Waals surface area contributed by atoms with Gasteiger partial charge in [-0.2, -0.15) is 39.2 Å². The second-order valence-corrected chi connectivity index (χ2v) is 14.6. The molecular formula is C40H40N8O4S. The lowest BCUT2D eigenvalue weighted by molar-refractivity contribution is 0.0674. The molecule has 0 saturated carbocycles. The molecule has 7 aromatic rings. The second-order valence-electron chi connectivity index (χ2n) is 13.3. The predicted octanol–water partition coefficient (Wildman–Crippen LogP) is 8.64. The monoisotopic (exact) mass is 728 g/mol.